The minimum absolute atomic E-state index is 0.115. The number of amides is 1. The van der Waals surface area contributed by atoms with E-state index in [1.807, 2.05) is 0 Å². The van der Waals surface area contributed by atoms with Crippen LogP contribution in [0.4, 0.5) is 0 Å². The summed E-state index contributed by atoms with van der Waals surface area (Å²) in [7, 11) is 0. The quantitative estimate of drug-likeness (QED) is 0.314. The molecule has 1 rings (SSSR count). The highest BCUT2D eigenvalue weighted by atomic mass is 16.5. The Bertz CT molecular complexity index is 197. The van der Waals surface area contributed by atoms with E-state index < -0.39 is 0 Å². The van der Waals surface area contributed by atoms with Crippen LogP contribution in [0, 0.1) is 5.92 Å². The van der Waals surface area contributed by atoms with Gasteiger partial charge < -0.3 is 4.74 Å². The van der Waals surface area contributed by atoms with E-state index in [0.717, 1.165) is 12.3 Å². The Hall–Kier alpha value is -0.610. The van der Waals surface area contributed by atoms with Crippen LogP contribution >= 0.6 is 0 Å². The van der Waals surface area contributed by atoms with E-state index in [4.69, 9.17) is 10.6 Å². The van der Waals surface area contributed by atoms with Gasteiger partial charge in [0.15, 0.2) is 0 Å². The van der Waals surface area contributed by atoms with Crippen LogP contribution in [-0.4, -0.2) is 18.6 Å². The third-order valence-electron chi connectivity index (χ3n) is 2.95. The second-order valence-corrected chi connectivity index (χ2v) is 4.44. The molecule has 2 unspecified atom stereocenters. The Morgan fingerprint density at radius 2 is 2.33 bits per heavy atom. The predicted octanol–water partition coefficient (Wildman–Crippen LogP) is 1.35. The van der Waals surface area contributed by atoms with Gasteiger partial charge in [0, 0.05) is 13.0 Å². The first-order valence-corrected chi connectivity index (χ1v) is 5.83. The second kappa shape index (κ2) is 6.80. The lowest BCUT2D eigenvalue weighted by molar-refractivity contribution is -0.121. The van der Waals surface area contributed by atoms with Gasteiger partial charge >= 0.3 is 0 Å². The molecule has 4 heteroatoms. The van der Waals surface area contributed by atoms with Crippen LogP contribution in [0.3, 0.4) is 0 Å². The molecule has 0 aromatic rings. The van der Waals surface area contributed by atoms with Crippen molar-refractivity contribution in [2.24, 2.45) is 11.8 Å². The van der Waals surface area contributed by atoms with Gasteiger partial charge in [-0.1, -0.05) is 19.8 Å². The highest BCUT2D eigenvalue weighted by Crippen LogP contribution is 2.25. The van der Waals surface area contributed by atoms with E-state index >= 15 is 0 Å². The second-order valence-electron chi connectivity index (χ2n) is 4.44. The lowest BCUT2D eigenvalue weighted by atomic mass is 9.89. The molecule has 0 saturated heterocycles. The van der Waals surface area contributed by atoms with E-state index in [9.17, 15) is 4.79 Å². The number of carbonyl (C=O) groups is 1. The van der Waals surface area contributed by atoms with Crippen molar-refractivity contribution in [1.29, 1.82) is 0 Å². The smallest absolute Gasteiger partial charge is 0.233 e. The summed E-state index contributed by atoms with van der Waals surface area (Å²) < 4.78 is 5.73. The number of nitrogens with one attached hydrogen (secondary N) is 1. The molecule has 0 radical (unpaired) electrons. The number of carbonyl (C=O) groups excluding carboxylic acids is 1. The van der Waals surface area contributed by atoms with Crippen molar-refractivity contribution in [2.75, 3.05) is 6.61 Å². The van der Waals surface area contributed by atoms with Gasteiger partial charge in [-0.05, 0) is 25.2 Å². The van der Waals surface area contributed by atoms with Crippen molar-refractivity contribution in [3.8, 4) is 0 Å². The molecule has 15 heavy (non-hydrogen) atoms. The van der Waals surface area contributed by atoms with Gasteiger partial charge in [-0.3, -0.25) is 10.2 Å². The zero-order chi connectivity index (χ0) is 11.1. The van der Waals surface area contributed by atoms with E-state index in [1.165, 1.54) is 25.7 Å². The average molecular weight is 214 g/mol. The maximum Gasteiger partial charge on any atom is 0.233 e. The van der Waals surface area contributed by atoms with E-state index in [0.29, 0.717) is 19.1 Å². The molecular formula is C11H22N2O2. The summed E-state index contributed by atoms with van der Waals surface area (Å²) in [4.78, 5) is 10.8. The summed E-state index contributed by atoms with van der Waals surface area (Å²) in [6, 6.07) is 0. The summed E-state index contributed by atoms with van der Waals surface area (Å²) in [5, 5.41) is 0. The maximum atomic E-state index is 10.8. The number of rotatable bonds is 5. The summed E-state index contributed by atoms with van der Waals surface area (Å²) in [5.41, 5.74) is 2.12. The molecule has 1 fully saturated rings. The Morgan fingerprint density at radius 3 is 3.00 bits per heavy atom. The van der Waals surface area contributed by atoms with Crippen LogP contribution < -0.4 is 11.3 Å². The molecule has 1 aliphatic rings. The largest absolute Gasteiger partial charge is 0.378 e. The van der Waals surface area contributed by atoms with Gasteiger partial charge in [0.2, 0.25) is 5.91 Å². The van der Waals surface area contributed by atoms with Crippen LogP contribution in [0.5, 0.6) is 0 Å². The SMILES string of the molecule is CC1CCCC(OCCCC(=O)NN)C1. The van der Waals surface area contributed by atoms with Crippen LogP contribution in [-0.2, 0) is 9.53 Å². The third kappa shape index (κ3) is 5.14. The summed E-state index contributed by atoms with van der Waals surface area (Å²) in [5.74, 6) is 5.65. The fourth-order valence-electron chi connectivity index (χ4n) is 2.08. The van der Waals surface area contributed by atoms with Crippen molar-refractivity contribution in [3.63, 3.8) is 0 Å². The third-order valence-corrected chi connectivity index (χ3v) is 2.95. The molecule has 4 nitrogen and oxygen atoms in total. The fourth-order valence-corrected chi connectivity index (χ4v) is 2.08. The predicted molar refractivity (Wildman–Crippen MR) is 58.9 cm³/mol. The zero-order valence-electron chi connectivity index (χ0n) is 9.50. The lowest BCUT2D eigenvalue weighted by Crippen LogP contribution is -2.30. The number of nitrogens with two attached hydrogens (primary N) is 1. The summed E-state index contributed by atoms with van der Waals surface area (Å²) in [6.07, 6.45) is 6.57. The zero-order valence-corrected chi connectivity index (χ0v) is 9.50. The molecule has 0 aromatic carbocycles. The molecule has 0 bridgehead atoms. The van der Waals surface area contributed by atoms with Crippen molar-refractivity contribution >= 4 is 5.91 Å². The van der Waals surface area contributed by atoms with Crippen molar-refractivity contribution < 1.29 is 9.53 Å². The number of hydrogen-bond donors (Lipinski definition) is 2. The molecular weight excluding hydrogens is 192 g/mol. The topological polar surface area (TPSA) is 64.3 Å². The molecule has 3 N–H and O–H groups in total. The molecule has 1 amide bonds. The van der Waals surface area contributed by atoms with Crippen LogP contribution in [0.1, 0.15) is 45.4 Å². The summed E-state index contributed by atoms with van der Waals surface area (Å²) in [6.45, 7) is 2.95. The van der Waals surface area contributed by atoms with Crippen LogP contribution in [0.15, 0.2) is 0 Å². The summed E-state index contributed by atoms with van der Waals surface area (Å²) >= 11 is 0. The minimum Gasteiger partial charge on any atom is -0.378 e. The van der Waals surface area contributed by atoms with E-state index in [2.05, 4.69) is 12.3 Å². The first-order chi connectivity index (χ1) is 7.22. The van der Waals surface area contributed by atoms with Gasteiger partial charge in [0.25, 0.3) is 0 Å². The molecule has 1 aliphatic carbocycles. The Balaban J connectivity index is 2.02. The average Bonchev–Trinajstić information content (AvgIpc) is 2.24. The van der Waals surface area contributed by atoms with Crippen LogP contribution in [0.25, 0.3) is 0 Å². The van der Waals surface area contributed by atoms with Gasteiger partial charge in [-0.25, -0.2) is 5.84 Å². The standard InChI is InChI=1S/C11H22N2O2/c1-9-4-2-5-10(8-9)15-7-3-6-11(14)13-12/h9-10H,2-8,12H2,1H3,(H,13,14). The Labute approximate surface area is 91.5 Å². The normalized spacial score (nSPS) is 26.3. The number of hydrogen-bond acceptors (Lipinski definition) is 3. The molecule has 88 valence electrons. The van der Waals surface area contributed by atoms with Gasteiger partial charge in [0.1, 0.15) is 0 Å². The first-order valence-electron chi connectivity index (χ1n) is 5.83. The molecule has 0 spiro atoms. The monoisotopic (exact) mass is 214 g/mol. The number of ether oxygens (including phenoxy) is 1. The van der Waals surface area contributed by atoms with E-state index in [-0.39, 0.29) is 5.91 Å². The first kappa shape index (κ1) is 12.5. The Morgan fingerprint density at radius 1 is 1.53 bits per heavy atom. The van der Waals surface area contributed by atoms with Crippen molar-refractivity contribution in [1.82, 2.24) is 5.43 Å². The highest BCUT2D eigenvalue weighted by Gasteiger charge is 2.18. The van der Waals surface area contributed by atoms with Gasteiger partial charge in [-0.2, -0.15) is 0 Å². The lowest BCUT2D eigenvalue weighted by Gasteiger charge is -2.26. The molecule has 0 heterocycles. The molecule has 0 aliphatic heterocycles. The van der Waals surface area contributed by atoms with E-state index in [1.54, 1.807) is 0 Å². The fraction of sp³-hybridized carbons (Fsp3) is 0.909. The maximum absolute atomic E-state index is 10.8. The number of hydrazine groups is 1. The minimum atomic E-state index is -0.115. The van der Waals surface area contributed by atoms with Gasteiger partial charge in [0.05, 0.1) is 6.10 Å². The van der Waals surface area contributed by atoms with Crippen molar-refractivity contribution in [2.45, 2.75) is 51.6 Å². The molecule has 1 saturated carbocycles. The molecule has 2 atom stereocenters. The van der Waals surface area contributed by atoms with Gasteiger partial charge in [-0.15, -0.1) is 0 Å². The van der Waals surface area contributed by atoms with Crippen LogP contribution in [0.2, 0.25) is 0 Å². The Kier molecular flexibility index (Phi) is 5.65. The highest BCUT2D eigenvalue weighted by molar-refractivity contribution is 5.75. The molecule has 0 aromatic heterocycles. The van der Waals surface area contributed by atoms with Crippen molar-refractivity contribution in [3.05, 3.63) is 0 Å².